The number of carbonyl (C=O) groups is 1. The Morgan fingerprint density at radius 3 is 2.38 bits per heavy atom. The zero-order valence-electron chi connectivity index (χ0n) is 15.2. The van der Waals surface area contributed by atoms with Gasteiger partial charge in [0.1, 0.15) is 12.4 Å². The highest BCUT2D eigenvalue weighted by molar-refractivity contribution is 5.85. The highest BCUT2D eigenvalue weighted by atomic mass is 35.5. The molecule has 1 saturated carbocycles. The summed E-state index contributed by atoms with van der Waals surface area (Å²) in [6.07, 6.45) is 4.00. The molecule has 3 rings (SSSR count). The highest BCUT2D eigenvalue weighted by Gasteiger charge is 2.29. The highest BCUT2D eigenvalue weighted by Crippen LogP contribution is 2.27. The van der Waals surface area contributed by atoms with E-state index in [2.05, 4.69) is 4.90 Å². The van der Waals surface area contributed by atoms with E-state index in [1.165, 1.54) is 6.42 Å². The molecule has 2 atom stereocenters. The Balaban J connectivity index is 0.00000169. The van der Waals surface area contributed by atoms with Gasteiger partial charge in [0.05, 0.1) is 0 Å². The van der Waals surface area contributed by atoms with E-state index in [0.717, 1.165) is 51.3 Å². The number of benzene rings is 1. The summed E-state index contributed by atoms with van der Waals surface area (Å²) in [5.74, 6) is 1.60. The fourth-order valence-corrected chi connectivity index (χ4v) is 3.70. The van der Waals surface area contributed by atoms with Gasteiger partial charge in [0.25, 0.3) is 0 Å². The summed E-state index contributed by atoms with van der Waals surface area (Å²) >= 11 is 0. The van der Waals surface area contributed by atoms with Gasteiger partial charge in [0.15, 0.2) is 0 Å². The Hall–Kier alpha value is -1.01. The zero-order valence-corrected chi connectivity index (χ0v) is 16.9. The standard InChI is InChI=1S/C19H29N3O2.2ClH/c20-18-8-4-5-16(18)15-19(23)22-11-9-21(10-12-22)13-14-24-17-6-2-1-3-7-17;;/h1-3,6-7,16,18H,4-5,8-15,20H2;2*1H/t16-,18+;;/m0../s1. The van der Waals surface area contributed by atoms with Gasteiger partial charge >= 0.3 is 0 Å². The first-order valence-electron chi connectivity index (χ1n) is 9.16. The molecule has 5 nitrogen and oxygen atoms in total. The van der Waals surface area contributed by atoms with Crippen molar-refractivity contribution in [1.82, 2.24) is 9.80 Å². The van der Waals surface area contributed by atoms with Crippen LogP contribution < -0.4 is 10.5 Å². The van der Waals surface area contributed by atoms with Crippen molar-refractivity contribution in [2.75, 3.05) is 39.3 Å². The van der Waals surface area contributed by atoms with Crippen LogP contribution in [0, 0.1) is 5.92 Å². The third-order valence-electron chi connectivity index (χ3n) is 5.30. The van der Waals surface area contributed by atoms with Crippen LogP contribution in [0.4, 0.5) is 0 Å². The quantitative estimate of drug-likeness (QED) is 0.792. The van der Waals surface area contributed by atoms with Crippen molar-refractivity contribution in [3.63, 3.8) is 0 Å². The molecule has 0 bridgehead atoms. The number of halogens is 2. The molecule has 26 heavy (non-hydrogen) atoms. The summed E-state index contributed by atoms with van der Waals surface area (Å²) in [6.45, 7) is 5.11. The Morgan fingerprint density at radius 2 is 1.77 bits per heavy atom. The van der Waals surface area contributed by atoms with Crippen molar-refractivity contribution in [2.24, 2.45) is 11.7 Å². The molecule has 148 valence electrons. The average Bonchev–Trinajstić information content (AvgIpc) is 3.01. The average molecular weight is 404 g/mol. The molecule has 0 spiro atoms. The predicted octanol–water partition coefficient (Wildman–Crippen LogP) is 2.57. The number of piperazine rings is 1. The number of nitrogens with zero attached hydrogens (tertiary/aromatic N) is 2. The first kappa shape index (κ1) is 23.0. The minimum absolute atomic E-state index is 0. The predicted molar refractivity (Wildman–Crippen MR) is 109 cm³/mol. The molecule has 0 radical (unpaired) electrons. The number of rotatable bonds is 6. The van der Waals surface area contributed by atoms with Gasteiger partial charge in [-0.25, -0.2) is 0 Å². The maximum absolute atomic E-state index is 12.4. The summed E-state index contributed by atoms with van der Waals surface area (Å²) in [7, 11) is 0. The molecule has 1 aromatic rings. The van der Waals surface area contributed by atoms with Crippen molar-refractivity contribution in [3.05, 3.63) is 30.3 Å². The monoisotopic (exact) mass is 403 g/mol. The molecule has 1 heterocycles. The van der Waals surface area contributed by atoms with Gasteiger partial charge in [-0.15, -0.1) is 24.8 Å². The summed E-state index contributed by atoms with van der Waals surface area (Å²) in [6, 6.07) is 10.1. The van der Waals surface area contributed by atoms with E-state index in [4.69, 9.17) is 10.5 Å². The second-order valence-electron chi connectivity index (χ2n) is 6.94. The van der Waals surface area contributed by atoms with Crippen molar-refractivity contribution in [2.45, 2.75) is 31.7 Å². The minimum atomic E-state index is 0. The first-order valence-corrected chi connectivity index (χ1v) is 9.16. The van der Waals surface area contributed by atoms with Crippen LogP contribution in [-0.2, 0) is 4.79 Å². The lowest BCUT2D eigenvalue weighted by Crippen LogP contribution is -2.50. The lowest BCUT2D eigenvalue weighted by molar-refractivity contribution is -0.134. The first-order chi connectivity index (χ1) is 11.7. The SMILES string of the molecule is Cl.Cl.N[C@@H]1CCC[C@H]1CC(=O)N1CCN(CCOc2ccccc2)CC1. The van der Waals surface area contributed by atoms with Gasteiger partial charge in [-0.1, -0.05) is 24.6 Å². The molecule has 2 aliphatic rings. The number of hydrogen-bond acceptors (Lipinski definition) is 4. The maximum atomic E-state index is 12.4. The molecule has 2 N–H and O–H groups in total. The Kier molecular flexibility index (Phi) is 10.3. The molecule has 0 aromatic heterocycles. The lowest BCUT2D eigenvalue weighted by atomic mass is 9.99. The van der Waals surface area contributed by atoms with Gasteiger partial charge in [0, 0.05) is 45.2 Å². The normalized spacial score (nSPS) is 23.0. The Labute approximate surface area is 169 Å². The number of amides is 1. The molecular formula is C19H31Cl2N3O2. The number of carbonyl (C=O) groups excluding carboxylic acids is 1. The molecule has 0 unspecified atom stereocenters. The van der Waals surface area contributed by atoms with Crippen molar-refractivity contribution in [3.8, 4) is 5.75 Å². The zero-order chi connectivity index (χ0) is 16.8. The molecule has 1 amide bonds. The molecule has 1 aliphatic heterocycles. The third-order valence-corrected chi connectivity index (χ3v) is 5.30. The fraction of sp³-hybridized carbons (Fsp3) is 0.632. The summed E-state index contributed by atoms with van der Waals surface area (Å²) in [4.78, 5) is 16.8. The Morgan fingerprint density at radius 1 is 1.08 bits per heavy atom. The second kappa shape index (κ2) is 11.7. The number of para-hydroxylation sites is 1. The number of ether oxygens (including phenoxy) is 1. The summed E-state index contributed by atoms with van der Waals surface area (Å²) in [5.41, 5.74) is 6.09. The molecule has 1 aromatic carbocycles. The molecule has 1 saturated heterocycles. The smallest absolute Gasteiger partial charge is 0.222 e. The van der Waals surface area contributed by atoms with Crippen LogP contribution in [0.25, 0.3) is 0 Å². The number of hydrogen-bond donors (Lipinski definition) is 1. The molecular weight excluding hydrogens is 373 g/mol. The van der Waals surface area contributed by atoms with Crippen molar-refractivity contribution in [1.29, 1.82) is 0 Å². The van der Waals surface area contributed by atoms with E-state index < -0.39 is 0 Å². The van der Waals surface area contributed by atoms with Crippen LogP contribution in [-0.4, -0.2) is 61.1 Å². The van der Waals surface area contributed by atoms with Gasteiger partial charge in [-0.05, 0) is 30.9 Å². The van der Waals surface area contributed by atoms with Crippen LogP contribution in [0.5, 0.6) is 5.75 Å². The van der Waals surface area contributed by atoms with Crippen molar-refractivity contribution >= 4 is 30.7 Å². The molecule has 7 heteroatoms. The number of nitrogens with two attached hydrogens (primary N) is 1. The van der Waals surface area contributed by atoms with Gasteiger partial charge in [0.2, 0.25) is 5.91 Å². The topological polar surface area (TPSA) is 58.8 Å². The second-order valence-corrected chi connectivity index (χ2v) is 6.94. The Bertz CT molecular complexity index is 525. The largest absolute Gasteiger partial charge is 0.492 e. The van der Waals surface area contributed by atoms with E-state index >= 15 is 0 Å². The van der Waals surface area contributed by atoms with Crippen molar-refractivity contribution < 1.29 is 9.53 Å². The van der Waals surface area contributed by atoms with E-state index in [1.54, 1.807) is 0 Å². The molecule has 1 aliphatic carbocycles. The van der Waals surface area contributed by atoms with Gasteiger partial charge < -0.3 is 15.4 Å². The van der Waals surface area contributed by atoms with E-state index in [9.17, 15) is 4.79 Å². The van der Waals surface area contributed by atoms with Crippen LogP contribution in [0.1, 0.15) is 25.7 Å². The van der Waals surface area contributed by atoms with Crippen LogP contribution in [0.3, 0.4) is 0 Å². The van der Waals surface area contributed by atoms with Crippen LogP contribution in [0.2, 0.25) is 0 Å². The third kappa shape index (κ3) is 6.62. The molecule has 2 fully saturated rings. The minimum Gasteiger partial charge on any atom is -0.492 e. The van der Waals surface area contributed by atoms with E-state index in [0.29, 0.717) is 18.9 Å². The summed E-state index contributed by atoms with van der Waals surface area (Å²) in [5, 5.41) is 0. The summed E-state index contributed by atoms with van der Waals surface area (Å²) < 4.78 is 5.75. The van der Waals surface area contributed by atoms with E-state index in [-0.39, 0.29) is 36.8 Å². The van der Waals surface area contributed by atoms with Crippen LogP contribution >= 0.6 is 24.8 Å². The van der Waals surface area contributed by atoms with Gasteiger partial charge in [-0.3, -0.25) is 9.69 Å². The van der Waals surface area contributed by atoms with Crippen LogP contribution in [0.15, 0.2) is 30.3 Å². The fourth-order valence-electron chi connectivity index (χ4n) is 3.70. The van der Waals surface area contributed by atoms with E-state index in [1.807, 2.05) is 35.2 Å². The lowest BCUT2D eigenvalue weighted by Gasteiger charge is -2.35. The van der Waals surface area contributed by atoms with Gasteiger partial charge in [-0.2, -0.15) is 0 Å². The maximum Gasteiger partial charge on any atom is 0.222 e.